The monoisotopic (exact) mass is 258 g/mol. The molecule has 0 aliphatic carbocycles. The van der Waals surface area contributed by atoms with Crippen LogP contribution in [0.25, 0.3) is 0 Å². The smallest absolute Gasteiger partial charge is 0.402 e. The average molecular weight is 258 g/mol. The van der Waals surface area contributed by atoms with E-state index in [9.17, 15) is 18.0 Å². The number of hydrogen-bond acceptors (Lipinski definition) is 3. The van der Waals surface area contributed by atoms with Crippen LogP contribution in [0.1, 0.15) is 10.4 Å². The van der Waals surface area contributed by atoms with E-state index in [-0.39, 0.29) is 5.56 Å². The molecule has 0 spiro atoms. The quantitative estimate of drug-likeness (QED) is 0.548. The van der Waals surface area contributed by atoms with Crippen molar-refractivity contribution in [2.75, 3.05) is 6.54 Å². The summed E-state index contributed by atoms with van der Waals surface area (Å²) in [5, 5.41) is 8.48. The normalized spacial score (nSPS) is 10.8. The van der Waals surface area contributed by atoms with Crippen molar-refractivity contribution in [3.8, 4) is 5.97 Å². The van der Waals surface area contributed by atoms with Crippen molar-refractivity contribution in [1.82, 2.24) is 10.9 Å². The van der Waals surface area contributed by atoms with Gasteiger partial charge in [0.25, 0.3) is 5.91 Å². The van der Waals surface area contributed by atoms with E-state index in [1.165, 1.54) is 12.1 Å². The Bertz CT molecular complexity index is 454. The lowest BCUT2D eigenvalue weighted by Gasteiger charge is -2.09. The Morgan fingerprint density at radius 1 is 1.44 bits per heavy atom. The van der Waals surface area contributed by atoms with Crippen molar-refractivity contribution >= 4 is 13.3 Å². The number of nitrogens with zero attached hydrogens (tertiary/aromatic N) is 2. The van der Waals surface area contributed by atoms with Crippen LogP contribution in [-0.2, 0) is 0 Å². The highest BCUT2D eigenvalue weighted by atomic mass is 19.4. The Balaban J connectivity index is 2.49. The van der Waals surface area contributed by atoms with Gasteiger partial charge in [-0.3, -0.25) is 10.2 Å². The van der Waals surface area contributed by atoms with Crippen LogP contribution < -0.4 is 15.3 Å². The maximum absolute atomic E-state index is 11.8. The minimum atomic E-state index is -4.38. The summed E-state index contributed by atoms with van der Waals surface area (Å²) in [6.07, 6.45) is -1.30. The molecule has 0 unspecified atom stereocenters. The standard InChI is InChI=1S/C9H10BF3N4O/c11-9(12,13)5-15-16-8(18)7-1-3-17(4-2-7)10-6-14/h1-4,15H,5,10H2,(H,16,18). The number of carbonyl (C=O) groups is 1. The lowest BCUT2D eigenvalue weighted by molar-refractivity contribution is -0.527. The van der Waals surface area contributed by atoms with Crippen molar-refractivity contribution in [2.24, 2.45) is 0 Å². The number of halogens is 3. The predicted molar refractivity (Wildman–Crippen MR) is 57.7 cm³/mol. The molecule has 96 valence electrons. The molecule has 0 aliphatic heterocycles. The van der Waals surface area contributed by atoms with E-state index >= 15 is 0 Å². The molecule has 5 nitrogen and oxygen atoms in total. The molecule has 2 N–H and O–H groups in total. The van der Waals surface area contributed by atoms with E-state index in [4.69, 9.17) is 5.26 Å². The zero-order valence-electron chi connectivity index (χ0n) is 9.45. The fourth-order valence-electron chi connectivity index (χ4n) is 1.21. The van der Waals surface area contributed by atoms with E-state index < -0.39 is 26.0 Å². The maximum atomic E-state index is 11.8. The topological polar surface area (TPSA) is 68.8 Å². The van der Waals surface area contributed by atoms with Gasteiger partial charge >= 0.3 is 13.6 Å². The molecule has 0 bridgehead atoms. The third kappa shape index (κ3) is 4.84. The molecule has 1 rings (SSSR count). The fourth-order valence-corrected chi connectivity index (χ4v) is 1.21. The molecule has 1 aromatic rings. The lowest BCUT2D eigenvalue weighted by atomic mass is 9.98. The Kier molecular flexibility index (Phi) is 4.68. The van der Waals surface area contributed by atoms with Crippen molar-refractivity contribution in [1.29, 1.82) is 5.26 Å². The van der Waals surface area contributed by atoms with Gasteiger partial charge in [-0.25, -0.2) is 10.7 Å². The largest absolute Gasteiger partial charge is 0.420 e. The van der Waals surface area contributed by atoms with Crippen LogP contribution in [0.4, 0.5) is 13.2 Å². The number of amides is 1. The minimum Gasteiger partial charge on any atom is -0.420 e. The van der Waals surface area contributed by atoms with E-state index in [2.05, 4.69) is 0 Å². The van der Waals surface area contributed by atoms with E-state index in [0.717, 1.165) is 0 Å². The Hall–Kier alpha value is -2.08. The summed E-state index contributed by atoms with van der Waals surface area (Å²) in [6, 6.07) is 2.87. The van der Waals surface area contributed by atoms with Crippen LogP contribution in [0.2, 0.25) is 0 Å². The molecular formula is C9H10BF3N4O. The van der Waals surface area contributed by atoms with Crippen LogP contribution in [0.15, 0.2) is 24.5 Å². The second kappa shape index (κ2) is 6.02. The van der Waals surface area contributed by atoms with E-state index in [1.54, 1.807) is 22.3 Å². The predicted octanol–water partition coefficient (Wildman–Crippen LogP) is -0.816. The Labute approximate surface area is 101 Å². The Morgan fingerprint density at radius 2 is 2.06 bits per heavy atom. The second-order valence-electron chi connectivity index (χ2n) is 3.62. The molecule has 0 aromatic carbocycles. The number of nitriles is 1. The summed E-state index contributed by atoms with van der Waals surface area (Å²) in [5.74, 6) is 1.37. The third-order valence-corrected chi connectivity index (χ3v) is 2.09. The first-order valence-corrected chi connectivity index (χ1v) is 5.16. The third-order valence-electron chi connectivity index (χ3n) is 2.09. The first kappa shape index (κ1) is 14.0. The Morgan fingerprint density at radius 3 is 2.56 bits per heavy atom. The first-order valence-electron chi connectivity index (χ1n) is 5.16. The molecular weight excluding hydrogens is 248 g/mol. The summed E-state index contributed by atoms with van der Waals surface area (Å²) in [4.78, 5) is 11.4. The lowest BCUT2D eigenvalue weighted by Crippen LogP contribution is -2.43. The van der Waals surface area contributed by atoms with Crippen LogP contribution in [0.3, 0.4) is 0 Å². The zero-order valence-corrected chi connectivity index (χ0v) is 9.45. The minimum absolute atomic E-state index is 0.213. The molecule has 18 heavy (non-hydrogen) atoms. The van der Waals surface area contributed by atoms with Crippen LogP contribution >= 0.6 is 0 Å². The number of nitrogens with one attached hydrogen (secondary N) is 2. The molecule has 1 aromatic heterocycles. The van der Waals surface area contributed by atoms with Gasteiger partial charge in [-0.1, -0.05) is 5.97 Å². The van der Waals surface area contributed by atoms with Crippen molar-refractivity contribution < 1.29 is 22.4 Å². The fraction of sp³-hybridized carbons (Fsp3) is 0.222. The molecule has 0 saturated heterocycles. The van der Waals surface area contributed by atoms with Gasteiger partial charge in [0.1, 0.15) is 18.9 Å². The van der Waals surface area contributed by atoms with Crippen LogP contribution in [0.5, 0.6) is 0 Å². The maximum Gasteiger partial charge on any atom is 0.402 e. The molecule has 1 amide bonds. The van der Waals surface area contributed by atoms with E-state index in [1.807, 2.05) is 11.4 Å². The van der Waals surface area contributed by atoms with Gasteiger partial charge < -0.3 is 4.48 Å². The SMILES string of the molecule is N#C[BH2-][n+]1ccc(C(=O)NNCC(F)(F)F)cc1. The van der Waals surface area contributed by atoms with Gasteiger partial charge in [-0.05, 0) is 0 Å². The highest BCUT2D eigenvalue weighted by Gasteiger charge is 2.26. The summed E-state index contributed by atoms with van der Waals surface area (Å²) >= 11 is 0. The molecule has 9 heteroatoms. The number of hydrogen-bond donors (Lipinski definition) is 2. The molecule has 1 heterocycles. The number of hydrazine groups is 1. The van der Waals surface area contributed by atoms with Crippen molar-refractivity contribution in [2.45, 2.75) is 6.18 Å². The first-order chi connectivity index (χ1) is 8.42. The molecule has 0 fully saturated rings. The van der Waals surface area contributed by atoms with Gasteiger partial charge in [0, 0.05) is 12.1 Å². The van der Waals surface area contributed by atoms with Gasteiger partial charge in [-0.15, -0.1) is 0 Å². The molecule has 0 atom stereocenters. The van der Waals surface area contributed by atoms with Crippen LogP contribution in [-0.4, -0.2) is 26.0 Å². The van der Waals surface area contributed by atoms with E-state index in [0.29, 0.717) is 0 Å². The summed E-state index contributed by atoms with van der Waals surface area (Å²) < 4.78 is 37.1. The van der Waals surface area contributed by atoms with Crippen molar-refractivity contribution in [3.05, 3.63) is 30.1 Å². The summed E-state index contributed by atoms with van der Waals surface area (Å²) in [6.45, 7) is -1.30. The van der Waals surface area contributed by atoms with Crippen molar-refractivity contribution in [3.63, 3.8) is 0 Å². The highest BCUT2D eigenvalue weighted by molar-refractivity contribution is 6.35. The summed E-state index contributed by atoms with van der Waals surface area (Å²) in [7, 11) is -0.932. The number of rotatable bonds is 4. The molecule has 0 radical (unpaired) electrons. The number of alkyl halides is 3. The molecule has 0 saturated carbocycles. The van der Waals surface area contributed by atoms with Gasteiger partial charge in [0.05, 0.1) is 5.56 Å². The average Bonchev–Trinajstić information content (AvgIpc) is 2.28. The van der Waals surface area contributed by atoms with Crippen LogP contribution in [0, 0.1) is 11.2 Å². The summed E-state index contributed by atoms with van der Waals surface area (Å²) in [5.41, 5.74) is 3.93. The highest BCUT2D eigenvalue weighted by Crippen LogP contribution is 2.11. The molecule has 0 aliphatic rings. The number of aromatic nitrogens is 1. The zero-order chi connectivity index (χ0) is 13.6. The van der Waals surface area contributed by atoms with Gasteiger partial charge in [0.15, 0.2) is 0 Å². The van der Waals surface area contributed by atoms with Gasteiger partial charge in [-0.2, -0.15) is 13.2 Å². The number of carbonyl (C=O) groups excluding carboxylic acids is 1. The number of pyridine rings is 1. The second-order valence-corrected chi connectivity index (χ2v) is 3.62. The van der Waals surface area contributed by atoms with Gasteiger partial charge in [0.2, 0.25) is 0 Å².